The highest BCUT2D eigenvalue weighted by Gasteiger charge is 2.14. The summed E-state index contributed by atoms with van der Waals surface area (Å²) in [5.74, 6) is -0.585. The second-order valence-electron chi connectivity index (χ2n) is 4.43. The van der Waals surface area contributed by atoms with Crippen molar-refractivity contribution >= 4 is 11.8 Å². The summed E-state index contributed by atoms with van der Waals surface area (Å²) in [5, 5.41) is 12.3. The number of carboxylic acids is 1. The summed E-state index contributed by atoms with van der Waals surface area (Å²) in [4.78, 5) is 15.2. The predicted octanol–water partition coefficient (Wildman–Crippen LogP) is 3.26. The Bertz CT molecular complexity index is 596. The molecule has 1 atom stereocenters. The Labute approximate surface area is 112 Å². The van der Waals surface area contributed by atoms with Gasteiger partial charge in [-0.3, -0.25) is 0 Å². The number of nitrogens with one attached hydrogen (secondary N) is 1. The number of hydrogen-bond donors (Lipinski definition) is 2. The van der Waals surface area contributed by atoms with Gasteiger partial charge in [0.2, 0.25) is 0 Å². The fraction of sp³-hybridized carbons (Fsp3) is 0.200. The summed E-state index contributed by atoms with van der Waals surface area (Å²) in [6.45, 7) is 4.02. The van der Waals surface area contributed by atoms with E-state index in [0.717, 1.165) is 11.1 Å². The number of hydrogen-bond acceptors (Lipinski definition) is 3. The number of anilines is 1. The van der Waals surface area contributed by atoms with Crippen LogP contribution in [-0.2, 0) is 0 Å². The van der Waals surface area contributed by atoms with Gasteiger partial charge in [-0.2, -0.15) is 0 Å². The van der Waals surface area contributed by atoms with Crippen molar-refractivity contribution in [2.45, 2.75) is 19.9 Å². The minimum absolute atomic E-state index is 0.00537. The molecule has 0 fully saturated rings. The van der Waals surface area contributed by atoms with Crippen molar-refractivity contribution in [3.05, 3.63) is 59.3 Å². The molecule has 0 radical (unpaired) electrons. The van der Waals surface area contributed by atoms with Crippen molar-refractivity contribution in [3.63, 3.8) is 0 Å². The van der Waals surface area contributed by atoms with Crippen LogP contribution in [0.3, 0.4) is 0 Å². The highest BCUT2D eigenvalue weighted by Crippen LogP contribution is 2.22. The molecule has 98 valence electrons. The van der Waals surface area contributed by atoms with Crippen LogP contribution in [-0.4, -0.2) is 16.1 Å². The molecular weight excluding hydrogens is 240 g/mol. The minimum atomic E-state index is -0.979. The van der Waals surface area contributed by atoms with E-state index in [9.17, 15) is 4.79 Å². The number of rotatable bonds is 4. The average Bonchev–Trinajstić information content (AvgIpc) is 2.39. The molecule has 2 N–H and O–H groups in total. The van der Waals surface area contributed by atoms with E-state index >= 15 is 0 Å². The maximum Gasteiger partial charge on any atom is 0.339 e. The Morgan fingerprint density at radius 3 is 2.68 bits per heavy atom. The SMILES string of the molecule is Cc1ccccc1C(C)Nc1ncccc1C(=O)O. The number of carbonyl (C=O) groups is 1. The smallest absolute Gasteiger partial charge is 0.339 e. The van der Waals surface area contributed by atoms with Crippen LogP contribution in [0.25, 0.3) is 0 Å². The largest absolute Gasteiger partial charge is 0.478 e. The van der Waals surface area contributed by atoms with Gasteiger partial charge < -0.3 is 10.4 Å². The second kappa shape index (κ2) is 5.52. The fourth-order valence-corrected chi connectivity index (χ4v) is 2.05. The van der Waals surface area contributed by atoms with Crippen LogP contribution in [0.2, 0.25) is 0 Å². The first-order valence-electron chi connectivity index (χ1n) is 6.10. The standard InChI is InChI=1S/C15H16N2O2/c1-10-6-3-4-7-12(10)11(2)17-14-13(15(18)19)8-5-9-16-14/h3-9,11H,1-2H3,(H,16,17)(H,18,19). The third kappa shape index (κ3) is 2.91. The molecule has 0 bridgehead atoms. The number of aryl methyl sites for hydroxylation is 1. The Morgan fingerprint density at radius 1 is 1.26 bits per heavy atom. The summed E-state index contributed by atoms with van der Waals surface area (Å²) in [7, 11) is 0. The van der Waals surface area contributed by atoms with Crippen LogP contribution in [0, 0.1) is 6.92 Å². The van der Waals surface area contributed by atoms with Gasteiger partial charge in [-0.1, -0.05) is 24.3 Å². The van der Waals surface area contributed by atoms with E-state index in [0.29, 0.717) is 5.82 Å². The molecule has 0 saturated heterocycles. The quantitative estimate of drug-likeness (QED) is 0.881. The molecule has 1 heterocycles. The maximum atomic E-state index is 11.1. The summed E-state index contributed by atoms with van der Waals surface area (Å²) in [6, 6.07) is 11.2. The van der Waals surface area contributed by atoms with Crippen molar-refractivity contribution in [2.75, 3.05) is 5.32 Å². The summed E-state index contributed by atoms with van der Waals surface area (Å²) < 4.78 is 0. The van der Waals surface area contributed by atoms with E-state index in [-0.39, 0.29) is 11.6 Å². The monoisotopic (exact) mass is 256 g/mol. The second-order valence-corrected chi connectivity index (χ2v) is 4.43. The van der Waals surface area contributed by atoms with Crippen molar-refractivity contribution in [1.29, 1.82) is 0 Å². The van der Waals surface area contributed by atoms with Crippen molar-refractivity contribution < 1.29 is 9.90 Å². The van der Waals surface area contributed by atoms with Crippen molar-refractivity contribution in [2.24, 2.45) is 0 Å². The topological polar surface area (TPSA) is 62.2 Å². The number of aromatic carboxylic acids is 1. The lowest BCUT2D eigenvalue weighted by molar-refractivity contribution is 0.0697. The lowest BCUT2D eigenvalue weighted by Gasteiger charge is -2.18. The molecule has 19 heavy (non-hydrogen) atoms. The molecule has 0 aliphatic heterocycles. The molecule has 4 nitrogen and oxygen atoms in total. The maximum absolute atomic E-state index is 11.1. The van der Waals surface area contributed by atoms with E-state index in [2.05, 4.69) is 10.3 Å². The van der Waals surface area contributed by atoms with Crippen LogP contribution in [0.4, 0.5) is 5.82 Å². The van der Waals surface area contributed by atoms with Gasteiger partial charge in [0.1, 0.15) is 11.4 Å². The Balaban J connectivity index is 2.27. The molecule has 1 aromatic heterocycles. The number of nitrogens with zero attached hydrogens (tertiary/aromatic N) is 1. The van der Waals surface area contributed by atoms with Crippen molar-refractivity contribution in [1.82, 2.24) is 4.98 Å². The molecule has 0 amide bonds. The number of aromatic nitrogens is 1. The first-order chi connectivity index (χ1) is 9.09. The lowest BCUT2D eigenvalue weighted by Crippen LogP contribution is -2.12. The lowest BCUT2D eigenvalue weighted by atomic mass is 10.0. The van der Waals surface area contributed by atoms with E-state index < -0.39 is 5.97 Å². The zero-order valence-corrected chi connectivity index (χ0v) is 10.9. The Hall–Kier alpha value is -2.36. The van der Waals surface area contributed by atoms with Crippen LogP contribution in [0.5, 0.6) is 0 Å². The zero-order chi connectivity index (χ0) is 13.8. The van der Waals surface area contributed by atoms with Gasteiger partial charge in [0.15, 0.2) is 0 Å². The first kappa shape index (κ1) is 13.1. The molecule has 4 heteroatoms. The normalized spacial score (nSPS) is 11.9. The van der Waals surface area contributed by atoms with E-state index in [1.54, 1.807) is 18.3 Å². The molecule has 2 rings (SSSR count). The number of benzene rings is 1. The number of carboxylic acid groups (broad SMARTS) is 1. The molecule has 2 aromatic rings. The summed E-state index contributed by atoms with van der Waals surface area (Å²) in [5.41, 5.74) is 2.47. The summed E-state index contributed by atoms with van der Waals surface area (Å²) >= 11 is 0. The average molecular weight is 256 g/mol. The van der Waals surface area contributed by atoms with Gasteiger partial charge in [0.25, 0.3) is 0 Å². The van der Waals surface area contributed by atoms with E-state index in [1.807, 2.05) is 38.1 Å². The fourth-order valence-electron chi connectivity index (χ4n) is 2.05. The number of pyridine rings is 1. The van der Waals surface area contributed by atoms with Gasteiger partial charge in [0.05, 0.1) is 6.04 Å². The third-order valence-corrected chi connectivity index (χ3v) is 3.05. The van der Waals surface area contributed by atoms with E-state index in [4.69, 9.17) is 5.11 Å². The molecule has 0 aliphatic rings. The highest BCUT2D eigenvalue weighted by molar-refractivity contribution is 5.93. The molecule has 1 unspecified atom stereocenters. The molecule has 0 aliphatic carbocycles. The van der Waals surface area contributed by atoms with E-state index in [1.165, 1.54) is 0 Å². The minimum Gasteiger partial charge on any atom is -0.478 e. The Kier molecular flexibility index (Phi) is 3.80. The van der Waals surface area contributed by atoms with Gasteiger partial charge in [0, 0.05) is 6.20 Å². The van der Waals surface area contributed by atoms with Crippen LogP contribution in [0.15, 0.2) is 42.6 Å². The summed E-state index contributed by atoms with van der Waals surface area (Å²) in [6.07, 6.45) is 1.58. The van der Waals surface area contributed by atoms with Gasteiger partial charge >= 0.3 is 5.97 Å². The van der Waals surface area contributed by atoms with Gasteiger partial charge in [-0.15, -0.1) is 0 Å². The molecule has 1 aromatic carbocycles. The zero-order valence-electron chi connectivity index (χ0n) is 10.9. The van der Waals surface area contributed by atoms with Crippen LogP contribution in [0.1, 0.15) is 34.5 Å². The van der Waals surface area contributed by atoms with Gasteiger partial charge in [-0.05, 0) is 37.1 Å². The predicted molar refractivity (Wildman–Crippen MR) is 74.4 cm³/mol. The molecule has 0 spiro atoms. The van der Waals surface area contributed by atoms with Crippen LogP contribution >= 0.6 is 0 Å². The molecule has 0 saturated carbocycles. The highest BCUT2D eigenvalue weighted by atomic mass is 16.4. The van der Waals surface area contributed by atoms with Gasteiger partial charge in [-0.25, -0.2) is 9.78 Å². The first-order valence-corrected chi connectivity index (χ1v) is 6.10. The third-order valence-electron chi connectivity index (χ3n) is 3.05. The Morgan fingerprint density at radius 2 is 2.00 bits per heavy atom. The van der Waals surface area contributed by atoms with Crippen molar-refractivity contribution in [3.8, 4) is 0 Å². The van der Waals surface area contributed by atoms with Crippen LogP contribution < -0.4 is 5.32 Å². The molecular formula is C15H16N2O2.